The van der Waals surface area contributed by atoms with E-state index in [4.69, 9.17) is 0 Å². The summed E-state index contributed by atoms with van der Waals surface area (Å²) in [5.74, 6) is -0.528. The van der Waals surface area contributed by atoms with Crippen molar-refractivity contribution in [3.63, 3.8) is 0 Å². The Bertz CT molecular complexity index is 1470. The topological polar surface area (TPSA) is 119 Å². The van der Waals surface area contributed by atoms with Crippen LogP contribution in [0.25, 0.3) is 16.6 Å². The van der Waals surface area contributed by atoms with Crippen LogP contribution < -0.4 is 11.0 Å². The second-order valence-corrected chi connectivity index (χ2v) is 8.78. The van der Waals surface area contributed by atoms with Gasteiger partial charge in [-0.3, -0.25) is 24.3 Å². The van der Waals surface area contributed by atoms with Crippen molar-refractivity contribution in [3.8, 4) is 5.69 Å². The van der Waals surface area contributed by atoms with Gasteiger partial charge in [-0.1, -0.05) is 52.0 Å². The number of carbonyl (C=O) groups excluding carboxylic acids is 1. The number of halogens is 1. The molecule has 0 aliphatic rings. The van der Waals surface area contributed by atoms with Crippen molar-refractivity contribution in [1.29, 1.82) is 0 Å². The van der Waals surface area contributed by atoms with Gasteiger partial charge in [-0.25, -0.2) is 10.4 Å². The second kappa shape index (κ2) is 10.4. The van der Waals surface area contributed by atoms with Gasteiger partial charge in [0.25, 0.3) is 17.2 Å². The van der Waals surface area contributed by atoms with Gasteiger partial charge in [0.1, 0.15) is 0 Å². The lowest BCUT2D eigenvalue weighted by Gasteiger charge is -2.13. The number of nitro groups is 1. The highest BCUT2D eigenvalue weighted by Gasteiger charge is 2.15. The van der Waals surface area contributed by atoms with Crippen molar-refractivity contribution in [2.45, 2.75) is 5.16 Å². The fourth-order valence-corrected chi connectivity index (χ4v) is 4.20. The number of amides is 1. The average molecular weight is 538 g/mol. The number of fused-ring (bicyclic) bond motifs is 1. The van der Waals surface area contributed by atoms with Crippen molar-refractivity contribution in [3.05, 3.63) is 103 Å². The number of thioether (sulfide) groups is 1. The fraction of sp³-hybridized carbons (Fsp3) is 0.0435. The molecule has 0 aliphatic heterocycles. The number of nitro benzene ring substituents is 1. The van der Waals surface area contributed by atoms with Gasteiger partial charge in [0, 0.05) is 10.5 Å². The van der Waals surface area contributed by atoms with Crippen LogP contribution in [-0.4, -0.2) is 32.3 Å². The third kappa shape index (κ3) is 5.21. The molecular weight excluding hydrogens is 522 g/mol. The maximum atomic E-state index is 13.2. The third-order valence-corrected chi connectivity index (χ3v) is 6.16. The molecule has 0 radical (unpaired) electrons. The van der Waals surface area contributed by atoms with E-state index in [1.54, 1.807) is 48.5 Å². The Labute approximate surface area is 205 Å². The molecule has 1 amide bonds. The van der Waals surface area contributed by atoms with Crippen LogP contribution in [0.2, 0.25) is 0 Å². The van der Waals surface area contributed by atoms with Gasteiger partial charge in [-0.15, -0.1) is 0 Å². The van der Waals surface area contributed by atoms with E-state index < -0.39 is 10.8 Å². The minimum atomic E-state index is -0.522. The maximum Gasteiger partial charge on any atom is 0.278 e. The summed E-state index contributed by atoms with van der Waals surface area (Å²) in [6.45, 7) is 0. The molecule has 0 atom stereocenters. The van der Waals surface area contributed by atoms with Gasteiger partial charge in [-0.05, 0) is 42.5 Å². The summed E-state index contributed by atoms with van der Waals surface area (Å²) in [7, 11) is 0. The molecular formula is C23H16BrN5O4S. The first kappa shape index (κ1) is 23.3. The number of carbonyl (C=O) groups is 1. The molecule has 0 unspecified atom stereocenters. The SMILES string of the molecule is O=C(CSc1nc2ccccc2c(=O)n1-c1ccc(Br)cc1)N/N=C/c1ccccc1[N+](=O)[O-]. The number of nitrogens with zero attached hydrogens (tertiary/aromatic N) is 4. The predicted molar refractivity (Wildman–Crippen MR) is 135 cm³/mol. The molecule has 170 valence electrons. The summed E-state index contributed by atoms with van der Waals surface area (Å²) in [5, 5.41) is 15.7. The number of aromatic nitrogens is 2. The quantitative estimate of drug-likeness (QED) is 0.123. The molecule has 0 saturated heterocycles. The highest BCUT2D eigenvalue weighted by molar-refractivity contribution is 9.10. The van der Waals surface area contributed by atoms with Crippen LogP contribution in [0.15, 0.2) is 92.3 Å². The number of hydrogen-bond donors (Lipinski definition) is 1. The molecule has 0 saturated carbocycles. The molecule has 0 spiro atoms. The molecule has 11 heteroatoms. The zero-order chi connectivity index (χ0) is 24.1. The summed E-state index contributed by atoms with van der Waals surface area (Å²) in [4.78, 5) is 40.7. The standard InChI is InChI=1S/C23H16BrN5O4S/c24-16-9-11-17(12-10-16)28-22(31)18-6-2-3-7-19(18)26-23(28)34-14-21(30)27-25-13-15-5-1-4-8-20(15)29(32)33/h1-13H,14H2,(H,27,30)/b25-13+. The predicted octanol–water partition coefficient (Wildman–Crippen LogP) is 4.30. The molecule has 1 heterocycles. The van der Waals surface area contributed by atoms with Crippen molar-refractivity contribution >= 4 is 56.4 Å². The van der Waals surface area contributed by atoms with E-state index in [0.717, 1.165) is 16.2 Å². The first-order valence-corrected chi connectivity index (χ1v) is 11.7. The first-order chi connectivity index (χ1) is 16.4. The molecule has 1 aromatic heterocycles. The first-order valence-electron chi connectivity index (χ1n) is 9.90. The van der Waals surface area contributed by atoms with Gasteiger partial charge in [0.05, 0.1) is 39.0 Å². The zero-order valence-corrected chi connectivity index (χ0v) is 19.8. The number of rotatable bonds is 7. The van der Waals surface area contributed by atoms with Gasteiger partial charge >= 0.3 is 0 Å². The van der Waals surface area contributed by atoms with E-state index in [1.165, 1.54) is 22.9 Å². The monoisotopic (exact) mass is 537 g/mol. The Morgan fingerprint density at radius 1 is 1.12 bits per heavy atom. The number of nitrogens with one attached hydrogen (secondary N) is 1. The van der Waals surface area contributed by atoms with E-state index in [1.807, 2.05) is 12.1 Å². The molecule has 4 aromatic rings. The van der Waals surface area contributed by atoms with E-state index in [9.17, 15) is 19.7 Å². The minimum Gasteiger partial charge on any atom is -0.272 e. The van der Waals surface area contributed by atoms with E-state index in [2.05, 4.69) is 31.4 Å². The van der Waals surface area contributed by atoms with E-state index in [-0.39, 0.29) is 22.6 Å². The molecule has 1 N–H and O–H groups in total. The van der Waals surface area contributed by atoms with Crippen LogP contribution in [0.4, 0.5) is 5.69 Å². The highest BCUT2D eigenvalue weighted by Crippen LogP contribution is 2.22. The molecule has 4 rings (SSSR count). The lowest BCUT2D eigenvalue weighted by Crippen LogP contribution is -2.24. The Morgan fingerprint density at radius 2 is 1.82 bits per heavy atom. The van der Waals surface area contributed by atoms with Crippen molar-refractivity contribution in [2.24, 2.45) is 5.10 Å². The normalized spacial score (nSPS) is 11.1. The van der Waals surface area contributed by atoms with Crippen molar-refractivity contribution in [2.75, 3.05) is 5.75 Å². The van der Waals surface area contributed by atoms with Crippen LogP contribution in [0.3, 0.4) is 0 Å². The van der Waals surface area contributed by atoms with Crippen LogP contribution in [0.1, 0.15) is 5.56 Å². The summed E-state index contributed by atoms with van der Waals surface area (Å²) in [6.07, 6.45) is 1.22. The van der Waals surface area contributed by atoms with Crippen LogP contribution in [0, 0.1) is 10.1 Å². The van der Waals surface area contributed by atoms with Crippen molar-refractivity contribution < 1.29 is 9.72 Å². The lowest BCUT2D eigenvalue weighted by molar-refractivity contribution is -0.385. The molecule has 0 bridgehead atoms. The van der Waals surface area contributed by atoms with Crippen LogP contribution in [-0.2, 0) is 4.79 Å². The minimum absolute atomic E-state index is 0.0739. The Kier molecular flexibility index (Phi) is 7.14. The summed E-state index contributed by atoms with van der Waals surface area (Å²) >= 11 is 4.47. The van der Waals surface area contributed by atoms with Crippen LogP contribution in [0.5, 0.6) is 0 Å². The van der Waals surface area contributed by atoms with Gasteiger partial charge in [0.2, 0.25) is 0 Å². The molecule has 34 heavy (non-hydrogen) atoms. The Balaban J connectivity index is 1.56. The largest absolute Gasteiger partial charge is 0.278 e. The molecule has 3 aromatic carbocycles. The molecule has 0 fully saturated rings. The fourth-order valence-electron chi connectivity index (χ4n) is 3.13. The van der Waals surface area contributed by atoms with E-state index >= 15 is 0 Å². The van der Waals surface area contributed by atoms with E-state index in [0.29, 0.717) is 21.7 Å². The number of para-hydroxylation sites is 2. The maximum absolute atomic E-state index is 13.2. The smallest absolute Gasteiger partial charge is 0.272 e. The molecule has 9 nitrogen and oxygen atoms in total. The summed E-state index contributed by atoms with van der Waals surface area (Å²) in [5.41, 5.74) is 3.39. The zero-order valence-electron chi connectivity index (χ0n) is 17.4. The van der Waals surface area contributed by atoms with Crippen molar-refractivity contribution in [1.82, 2.24) is 15.0 Å². The number of hydrazone groups is 1. The van der Waals surface area contributed by atoms with Gasteiger partial charge in [-0.2, -0.15) is 5.10 Å². The van der Waals surface area contributed by atoms with Gasteiger partial charge < -0.3 is 0 Å². The highest BCUT2D eigenvalue weighted by atomic mass is 79.9. The average Bonchev–Trinajstić information content (AvgIpc) is 2.84. The van der Waals surface area contributed by atoms with Crippen LogP contribution >= 0.6 is 27.7 Å². The summed E-state index contributed by atoms with van der Waals surface area (Å²) in [6, 6.07) is 20.3. The summed E-state index contributed by atoms with van der Waals surface area (Å²) < 4.78 is 2.33. The molecule has 0 aliphatic carbocycles. The number of benzene rings is 3. The Morgan fingerprint density at radius 3 is 2.59 bits per heavy atom. The third-order valence-electron chi connectivity index (χ3n) is 4.69. The second-order valence-electron chi connectivity index (χ2n) is 6.93. The number of hydrogen-bond acceptors (Lipinski definition) is 7. The lowest BCUT2D eigenvalue weighted by atomic mass is 10.2. The van der Waals surface area contributed by atoms with Gasteiger partial charge in [0.15, 0.2) is 5.16 Å². The Hall–Kier alpha value is -3.83.